The molecule has 0 unspecified atom stereocenters. The van der Waals surface area contributed by atoms with Crippen molar-refractivity contribution in [2.75, 3.05) is 0 Å². The highest BCUT2D eigenvalue weighted by Crippen LogP contribution is 2.31. The molecule has 3 amide bonds. The molecule has 3 aromatic carbocycles. The number of carbonyl (C=O) groups is 3. The number of ether oxygens (including phenoxy) is 1. The Morgan fingerprint density at radius 1 is 0.966 bits per heavy atom. The first-order chi connectivity index (χ1) is 14.0. The van der Waals surface area contributed by atoms with Crippen LogP contribution < -0.4 is 15.4 Å². The van der Waals surface area contributed by atoms with Gasteiger partial charge in [-0.3, -0.25) is 10.1 Å². The molecule has 0 bridgehead atoms. The average Bonchev–Trinajstić information content (AvgIpc) is 3.04. The average molecular weight is 388 g/mol. The number of fused-ring (bicyclic) bond motifs is 1. The van der Waals surface area contributed by atoms with Crippen LogP contribution in [0.4, 0.5) is 4.79 Å². The third kappa shape index (κ3) is 3.79. The Bertz CT molecular complexity index is 1170. The summed E-state index contributed by atoms with van der Waals surface area (Å²) < 4.78 is 5.97. The van der Waals surface area contributed by atoms with Crippen molar-refractivity contribution in [1.29, 1.82) is 0 Å². The highest BCUT2D eigenvalue weighted by molar-refractivity contribution is 6.14. The molecule has 0 aromatic heterocycles. The zero-order chi connectivity index (χ0) is 20.4. The zero-order valence-electron chi connectivity index (χ0n) is 15.1. The molecule has 3 aromatic rings. The second kappa shape index (κ2) is 7.47. The maximum atomic E-state index is 12.0. The van der Waals surface area contributed by atoms with Crippen LogP contribution in [-0.4, -0.2) is 23.0 Å². The zero-order valence-corrected chi connectivity index (χ0v) is 15.1. The van der Waals surface area contributed by atoms with E-state index in [2.05, 4.69) is 10.6 Å². The van der Waals surface area contributed by atoms with E-state index in [0.717, 1.165) is 16.3 Å². The molecule has 1 heterocycles. The third-order valence-corrected chi connectivity index (χ3v) is 4.53. The number of imide groups is 1. The number of hydrogen-bond donors (Lipinski definition) is 3. The van der Waals surface area contributed by atoms with E-state index in [1.807, 2.05) is 30.3 Å². The summed E-state index contributed by atoms with van der Waals surface area (Å²) in [6.45, 7) is 0.215. The molecule has 1 aliphatic rings. The van der Waals surface area contributed by atoms with E-state index in [9.17, 15) is 14.4 Å². The fourth-order valence-electron chi connectivity index (χ4n) is 3.08. The van der Waals surface area contributed by atoms with Crippen LogP contribution in [0.25, 0.3) is 16.8 Å². The lowest BCUT2D eigenvalue weighted by Crippen LogP contribution is -2.22. The van der Waals surface area contributed by atoms with Crippen LogP contribution >= 0.6 is 0 Å². The number of benzene rings is 3. The van der Waals surface area contributed by atoms with Gasteiger partial charge in [0.2, 0.25) is 0 Å². The molecule has 0 spiro atoms. The van der Waals surface area contributed by atoms with Crippen LogP contribution in [0.2, 0.25) is 0 Å². The minimum absolute atomic E-state index is 0.141. The van der Waals surface area contributed by atoms with Gasteiger partial charge in [-0.2, -0.15) is 0 Å². The lowest BCUT2D eigenvalue weighted by atomic mass is 10.0. The fourth-order valence-corrected chi connectivity index (χ4v) is 3.08. The van der Waals surface area contributed by atoms with Crippen molar-refractivity contribution in [1.82, 2.24) is 10.6 Å². The summed E-state index contributed by atoms with van der Waals surface area (Å²) in [5.41, 5.74) is 1.81. The predicted octanol–water partition coefficient (Wildman–Crippen LogP) is 3.30. The summed E-state index contributed by atoms with van der Waals surface area (Å²) in [6, 6.07) is 17.2. The Kier molecular flexibility index (Phi) is 4.70. The Morgan fingerprint density at radius 2 is 1.72 bits per heavy atom. The number of carboxylic acid groups (broad SMARTS) is 1. The summed E-state index contributed by atoms with van der Waals surface area (Å²) in [5, 5.41) is 15.5. The fraction of sp³-hybridized carbons (Fsp3) is 0.0455. The summed E-state index contributed by atoms with van der Waals surface area (Å²) >= 11 is 0. The monoisotopic (exact) mass is 388 g/mol. The number of rotatable bonds is 5. The summed E-state index contributed by atoms with van der Waals surface area (Å²) in [5.74, 6) is -0.955. The van der Waals surface area contributed by atoms with Gasteiger partial charge >= 0.3 is 12.0 Å². The second-order valence-corrected chi connectivity index (χ2v) is 6.46. The van der Waals surface area contributed by atoms with Gasteiger partial charge in [-0.15, -0.1) is 0 Å². The Labute approximate surface area is 165 Å². The predicted molar refractivity (Wildman–Crippen MR) is 106 cm³/mol. The first-order valence-electron chi connectivity index (χ1n) is 8.82. The summed E-state index contributed by atoms with van der Waals surface area (Å²) in [7, 11) is 0. The third-order valence-electron chi connectivity index (χ3n) is 4.53. The van der Waals surface area contributed by atoms with Crippen LogP contribution in [-0.2, 0) is 11.4 Å². The van der Waals surface area contributed by atoms with Crippen molar-refractivity contribution in [2.24, 2.45) is 0 Å². The number of carboxylic acids is 1. The Balaban J connectivity index is 1.68. The van der Waals surface area contributed by atoms with E-state index in [1.165, 1.54) is 12.1 Å². The minimum Gasteiger partial charge on any atom is -0.488 e. The highest BCUT2D eigenvalue weighted by Gasteiger charge is 2.23. The molecule has 7 heteroatoms. The van der Waals surface area contributed by atoms with Gasteiger partial charge in [0.05, 0.1) is 5.56 Å². The van der Waals surface area contributed by atoms with E-state index < -0.39 is 17.9 Å². The number of hydrogen-bond acceptors (Lipinski definition) is 4. The number of urea groups is 1. The van der Waals surface area contributed by atoms with Gasteiger partial charge in [-0.25, -0.2) is 9.59 Å². The van der Waals surface area contributed by atoms with Crippen LogP contribution in [0, 0.1) is 0 Å². The molecular weight excluding hydrogens is 372 g/mol. The molecule has 4 rings (SSSR count). The topological polar surface area (TPSA) is 105 Å². The van der Waals surface area contributed by atoms with Crippen molar-refractivity contribution in [3.63, 3.8) is 0 Å². The van der Waals surface area contributed by atoms with Crippen molar-refractivity contribution in [2.45, 2.75) is 6.61 Å². The van der Waals surface area contributed by atoms with Gasteiger partial charge in [0, 0.05) is 5.56 Å². The van der Waals surface area contributed by atoms with Gasteiger partial charge in [0.15, 0.2) is 0 Å². The molecule has 29 heavy (non-hydrogen) atoms. The quantitative estimate of drug-likeness (QED) is 0.460. The SMILES string of the molecule is O=C1NC(=O)/C(=C\c2c(OCc3ccc(C(=O)O)cc3)ccc3ccccc23)N1. The van der Waals surface area contributed by atoms with Gasteiger partial charge in [0.1, 0.15) is 18.1 Å². The van der Waals surface area contributed by atoms with Crippen molar-refractivity contribution in [3.05, 3.63) is 83.1 Å². The largest absolute Gasteiger partial charge is 0.488 e. The molecule has 1 aliphatic heterocycles. The molecule has 0 aliphatic carbocycles. The van der Waals surface area contributed by atoms with Crippen molar-refractivity contribution in [3.8, 4) is 5.75 Å². The second-order valence-electron chi connectivity index (χ2n) is 6.46. The standard InChI is InChI=1S/C22H16N2O5/c25-20-18(23-22(28)24-20)11-17-16-4-2-1-3-14(16)9-10-19(17)29-12-13-5-7-15(8-6-13)21(26)27/h1-11H,12H2,(H,26,27)(H2,23,24,25,28)/b18-11+. The van der Waals surface area contributed by atoms with Crippen LogP contribution in [0.5, 0.6) is 5.75 Å². The molecular formula is C22H16N2O5. The summed E-state index contributed by atoms with van der Waals surface area (Å²) in [6.07, 6.45) is 1.59. The first kappa shape index (κ1) is 18.2. The van der Waals surface area contributed by atoms with Gasteiger partial charge in [-0.05, 0) is 40.6 Å². The van der Waals surface area contributed by atoms with E-state index >= 15 is 0 Å². The van der Waals surface area contributed by atoms with Gasteiger partial charge < -0.3 is 15.2 Å². The lowest BCUT2D eigenvalue weighted by Gasteiger charge is -2.13. The van der Waals surface area contributed by atoms with E-state index in [0.29, 0.717) is 11.3 Å². The van der Waals surface area contributed by atoms with Crippen LogP contribution in [0.1, 0.15) is 21.5 Å². The normalized spacial score (nSPS) is 14.7. The molecule has 0 atom stereocenters. The van der Waals surface area contributed by atoms with Crippen LogP contribution in [0.3, 0.4) is 0 Å². The van der Waals surface area contributed by atoms with E-state index in [1.54, 1.807) is 24.3 Å². The number of nitrogens with one attached hydrogen (secondary N) is 2. The van der Waals surface area contributed by atoms with Crippen LogP contribution in [0.15, 0.2) is 66.4 Å². The van der Waals surface area contributed by atoms with E-state index in [4.69, 9.17) is 9.84 Å². The molecule has 7 nitrogen and oxygen atoms in total. The Hall–Kier alpha value is -4.13. The lowest BCUT2D eigenvalue weighted by molar-refractivity contribution is -0.115. The number of aromatic carboxylic acids is 1. The maximum absolute atomic E-state index is 12.0. The molecule has 1 fully saturated rings. The summed E-state index contributed by atoms with van der Waals surface area (Å²) in [4.78, 5) is 34.4. The maximum Gasteiger partial charge on any atom is 0.335 e. The number of amides is 3. The smallest absolute Gasteiger partial charge is 0.335 e. The Morgan fingerprint density at radius 3 is 2.41 bits per heavy atom. The van der Waals surface area contributed by atoms with Crippen molar-refractivity contribution < 1.29 is 24.2 Å². The highest BCUT2D eigenvalue weighted by atomic mass is 16.5. The molecule has 0 radical (unpaired) electrons. The molecule has 3 N–H and O–H groups in total. The van der Waals surface area contributed by atoms with E-state index in [-0.39, 0.29) is 17.9 Å². The molecule has 144 valence electrons. The minimum atomic E-state index is -0.988. The molecule has 0 saturated carbocycles. The number of carbonyl (C=O) groups excluding carboxylic acids is 2. The van der Waals surface area contributed by atoms with Gasteiger partial charge in [-0.1, -0.05) is 42.5 Å². The first-order valence-corrected chi connectivity index (χ1v) is 8.82. The molecule has 1 saturated heterocycles. The van der Waals surface area contributed by atoms with Gasteiger partial charge in [0.25, 0.3) is 5.91 Å². The van der Waals surface area contributed by atoms with Crippen molar-refractivity contribution >= 4 is 34.8 Å².